The van der Waals surface area contributed by atoms with E-state index in [9.17, 15) is 24.8 Å². The van der Waals surface area contributed by atoms with E-state index in [4.69, 9.17) is 4.74 Å². The third-order valence-corrected chi connectivity index (χ3v) is 3.83. The number of carbonyl (C=O) groups excluding carboxylic acids is 1. The Morgan fingerprint density at radius 3 is 2.54 bits per heavy atom. The van der Waals surface area contributed by atoms with E-state index in [0.717, 1.165) is 5.56 Å². The van der Waals surface area contributed by atoms with Crippen LogP contribution in [0, 0.1) is 10.1 Å². The number of nitrogens with one attached hydrogen (secondary N) is 2. The van der Waals surface area contributed by atoms with E-state index < -0.39 is 22.8 Å². The molecular formula is C19H21N3O6. The molecule has 28 heavy (non-hydrogen) atoms. The highest BCUT2D eigenvalue weighted by atomic mass is 16.6. The number of anilines is 1. The van der Waals surface area contributed by atoms with Gasteiger partial charge in [-0.3, -0.25) is 25.0 Å². The summed E-state index contributed by atoms with van der Waals surface area (Å²) in [6.07, 6.45) is -0.382. The molecular weight excluding hydrogens is 366 g/mol. The van der Waals surface area contributed by atoms with Gasteiger partial charge in [0.25, 0.3) is 5.69 Å². The fraction of sp³-hybridized carbons (Fsp3) is 0.263. The number of hydrogen-bond acceptors (Lipinski definition) is 6. The zero-order valence-corrected chi connectivity index (χ0v) is 15.3. The summed E-state index contributed by atoms with van der Waals surface area (Å²) >= 11 is 0. The second-order valence-electron chi connectivity index (χ2n) is 5.88. The molecule has 9 heteroatoms. The van der Waals surface area contributed by atoms with Crippen molar-refractivity contribution in [3.8, 4) is 5.75 Å². The summed E-state index contributed by atoms with van der Waals surface area (Å²) in [7, 11) is 0. The first-order valence-electron chi connectivity index (χ1n) is 8.62. The average Bonchev–Trinajstić information content (AvgIpc) is 2.67. The maximum Gasteiger partial charge on any atom is 0.321 e. The van der Waals surface area contributed by atoms with Crippen molar-refractivity contribution >= 4 is 23.3 Å². The monoisotopic (exact) mass is 387 g/mol. The summed E-state index contributed by atoms with van der Waals surface area (Å²) in [5.41, 5.74) is 0.519. The van der Waals surface area contributed by atoms with Crippen LogP contribution in [0.3, 0.4) is 0 Å². The SMILES string of the molecule is CCOc1ccc(NC(=O)C[C@H](NCc2ccccc2)C(=O)O)c([N+](=O)[O-])c1. The predicted molar refractivity (Wildman–Crippen MR) is 102 cm³/mol. The maximum atomic E-state index is 12.3. The van der Waals surface area contributed by atoms with Gasteiger partial charge in [0, 0.05) is 6.54 Å². The van der Waals surface area contributed by atoms with Crippen molar-refractivity contribution in [1.82, 2.24) is 5.32 Å². The highest BCUT2D eigenvalue weighted by Gasteiger charge is 2.23. The maximum absolute atomic E-state index is 12.3. The summed E-state index contributed by atoms with van der Waals surface area (Å²) in [4.78, 5) is 34.3. The van der Waals surface area contributed by atoms with Crippen molar-refractivity contribution in [2.24, 2.45) is 0 Å². The third kappa shape index (κ3) is 6.06. The van der Waals surface area contributed by atoms with E-state index in [1.807, 2.05) is 30.3 Å². The molecule has 1 atom stereocenters. The summed E-state index contributed by atoms with van der Waals surface area (Å²) in [6, 6.07) is 12.1. The quantitative estimate of drug-likeness (QED) is 0.422. The molecule has 0 fully saturated rings. The molecule has 0 aliphatic carbocycles. The fourth-order valence-corrected chi connectivity index (χ4v) is 2.49. The third-order valence-electron chi connectivity index (χ3n) is 3.83. The van der Waals surface area contributed by atoms with Crippen LogP contribution in [0.15, 0.2) is 48.5 Å². The molecule has 0 aromatic heterocycles. The highest BCUT2D eigenvalue weighted by molar-refractivity contribution is 5.96. The summed E-state index contributed by atoms with van der Waals surface area (Å²) < 4.78 is 5.22. The molecule has 0 aliphatic rings. The lowest BCUT2D eigenvalue weighted by atomic mass is 10.1. The smallest absolute Gasteiger partial charge is 0.321 e. The van der Waals surface area contributed by atoms with E-state index in [-0.39, 0.29) is 24.3 Å². The number of carboxylic acids is 1. The molecule has 0 saturated heterocycles. The van der Waals surface area contributed by atoms with Gasteiger partial charge in [0.2, 0.25) is 5.91 Å². The molecule has 0 radical (unpaired) electrons. The summed E-state index contributed by atoms with van der Waals surface area (Å²) in [5, 5.41) is 25.8. The standard InChI is InChI=1S/C19H21N3O6/c1-2-28-14-8-9-15(17(10-14)22(26)27)21-18(23)11-16(19(24)25)20-12-13-6-4-3-5-7-13/h3-10,16,20H,2,11-12H2,1H3,(H,21,23)(H,24,25)/t16-/m0/s1. The molecule has 1 amide bonds. The molecule has 0 bridgehead atoms. The van der Waals surface area contributed by atoms with Crippen LogP contribution in [-0.4, -0.2) is 34.6 Å². The minimum atomic E-state index is -1.19. The molecule has 3 N–H and O–H groups in total. The second kappa shape index (κ2) is 10.0. The molecule has 0 spiro atoms. The average molecular weight is 387 g/mol. The Kier molecular flexibility index (Phi) is 7.46. The zero-order chi connectivity index (χ0) is 20.5. The Bertz CT molecular complexity index is 841. The number of ether oxygens (including phenoxy) is 1. The van der Waals surface area contributed by atoms with Crippen LogP contribution in [0.4, 0.5) is 11.4 Å². The molecule has 0 unspecified atom stereocenters. The van der Waals surface area contributed by atoms with Crippen molar-refractivity contribution < 1.29 is 24.4 Å². The molecule has 2 rings (SSSR count). The van der Waals surface area contributed by atoms with Crippen molar-refractivity contribution in [2.75, 3.05) is 11.9 Å². The van der Waals surface area contributed by atoms with Gasteiger partial charge in [0.1, 0.15) is 17.5 Å². The van der Waals surface area contributed by atoms with E-state index in [2.05, 4.69) is 10.6 Å². The van der Waals surface area contributed by atoms with Crippen LogP contribution in [0.5, 0.6) is 5.75 Å². The lowest BCUT2D eigenvalue weighted by molar-refractivity contribution is -0.384. The van der Waals surface area contributed by atoms with Crippen LogP contribution < -0.4 is 15.4 Å². The van der Waals surface area contributed by atoms with Gasteiger partial charge in [0.15, 0.2) is 0 Å². The van der Waals surface area contributed by atoms with E-state index in [1.165, 1.54) is 18.2 Å². The Balaban J connectivity index is 2.04. The number of carbonyl (C=O) groups is 2. The molecule has 0 aliphatic heterocycles. The number of benzene rings is 2. The number of carboxylic acid groups (broad SMARTS) is 1. The van der Waals surface area contributed by atoms with Crippen LogP contribution >= 0.6 is 0 Å². The van der Waals surface area contributed by atoms with Crippen molar-refractivity contribution in [3.63, 3.8) is 0 Å². The van der Waals surface area contributed by atoms with Gasteiger partial charge in [-0.15, -0.1) is 0 Å². The molecule has 2 aromatic carbocycles. The van der Waals surface area contributed by atoms with Gasteiger partial charge in [-0.05, 0) is 24.6 Å². The Hall–Kier alpha value is -3.46. The second-order valence-corrected chi connectivity index (χ2v) is 5.88. The summed E-state index contributed by atoms with van der Waals surface area (Å²) in [6.45, 7) is 2.36. The number of nitro benzene ring substituents is 1. The van der Waals surface area contributed by atoms with Gasteiger partial charge in [-0.1, -0.05) is 30.3 Å². The minimum absolute atomic E-state index is 0.0225. The number of nitrogens with zero attached hydrogens (tertiary/aromatic N) is 1. The van der Waals surface area contributed by atoms with Crippen LogP contribution in [0.1, 0.15) is 18.9 Å². The largest absolute Gasteiger partial charge is 0.494 e. The number of hydrogen-bond donors (Lipinski definition) is 3. The zero-order valence-electron chi connectivity index (χ0n) is 15.3. The molecule has 0 heterocycles. The number of amides is 1. The first-order valence-corrected chi connectivity index (χ1v) is 8.62. The molecule has 148 valence electrons. The lowest BCUT2D eigenvalue weighted by Crippen LogP contribution is -2.39. The van der Waals surface area contributed by atoms with Gasteiger partial charge in [0.05, 0.1) is 24.0 Å². The van der Waals surface area contributed by atoms with Crippen LogP contribution in [-0.2, 0) is 16.1 Å². The Morgan fingerprint density at radius 1 is 1.21 bits per heavy atom. The van der Waals surface area contributed by atoms with Gasteiger partial charge < -0.3 is 15.2 Å². The van der Waals surface area contributed by atoms with Gasteiger partial charge in [-0.2, -0.15) is 0 Å². The van der Waals surface area contributed by atoms with E-state index >= 15 is 0 Å². The minimum Gasteiger partial charge on any atom is -0.494 e. The lowest BCUT2D eigenvalue weighted by Gasteiger charge is -2.15. The van der Waals surface area contributed by atoms with Gasteiger partial charge >= 0.3 is 5.97 Å². The molecule has 2 aromatic rings. The van der Waals surface area contributed by atoms with Gasteiger partial charge in [-0.25, -0.2) is 0 Å². The van der Waals surface area contributed by atoms with E-state index in [1.54, 1.807) is 6.92 Å². The predicted octanol–water partition coefficient (Wildman–Crippen LogP) is 2.57. The fourth-order valence-electron chi connectivity index (χ4n) is 2.49. The van der Waals surface area contributed by atoms with Crippen molar-refractivity contribution in [1.29, 1.82) is 0 Å². The first-order chi connectivity index (χ1) is 13.4. The van der Waals surface area contributed by atoms with Crippen LogP contribution in [0.2, 0.25) is 0 Å². The van der Waals surface area contributed by atoms with E-state index in [0.29, 0.717) is 12.4 Å². The highest BCUT2D eigenvalue weighted by Crippen LogP contribution is 2.29. The Morgan fingerprint density at radius 2 is 1.93 bits per heavy atom. The first kappa shape index (κ1) is 20.8. The number of nitro groups is 1. The molecule has 9 nitrogen and oxygen atoms in total. The van der Waals surface area contributed by atoms with Crippen molar-refractivity contribution in [2.45, 2.75) is 25.9 Å². The number of rotatable bonds is 10. The normalized spacial score (nSPS) is 11.5. The summed E-state index contributed by atoms with van der Waals surface area (Å²) in [5.74, 6) is -1.53. The van der Waals surface area contributed by atoms with Crippen molar-refractivity contribution in [3.05, 3.63) is 64.2 Å². The van der Waals surface area contributed by atoms with Crippen LogP contribution in [0.25, 0.3) is 0 Å². The topological polar surface area (TPSA) is 131 Å². The number of aliphatic carboxylic acids is 1. The Labute approximate surface area is 161 Å². The molecule has 0 saturated carbocycles.